The Morgan fingerprint density at radius 1 is 1.12 bits per heavy atom. The summed E-state index contributed by atoms with van der Waals surface area (Å²) in [7, 11) is -1.17. The predicted molar refractivity (Wildman–Crippen MR) is 92.9 cm³/mol. The van der Waals surface area contributed by atoms with E-state index in [-0.39, 0.29) is 5.82 Å². The van der Waals surface area contributed by atoms with E-state index in [2.05, 4.69) is 9.97 Å². The highest BCUT2D eigenvalue weighted by Crippen LogP contribution is 2.33. The summed E-state index contributed by atoms with van der Waals surface area (Å²) in [5, 5.41) is 0.635. The minimum absolute atomic E-state index is 0.370. The number of benzene rings is 2. The van der Waals surface area contributed by atoms with Gasteiger partial charge in [-0.3, -0.25) is 4.21 Å². The fourth-order valence-corrected chi connectivity index (χ4v) is 4.13. The molecule has 0 spiro atoms. The van der Waals surface area contributed by atoms with Crippen molar-refractivity contribution in [1.29, 1.82) is 0 Å². The molecule has 1 atom stereocenters. The Hall–Kier alpha value is -2.11. The zero-order chi connectivity index (χ0) is 16.7. The summed E-state index contributed by atoms with van der Waals surface area (Å²) >= 11 is 5.92. The van der Waals surface area contributed by atoms with Gasteiger partial charge in [-0.1, -0.05) is 11.6 Å². The van der Waals surface area contributed by atoms with Crippen LogP contribution in [0.5, 0.6) is 0 Å². The van der Waals surface area contributed by atoms with E-state index in [0.717, 1.165) is 11.1 Å². The van der Waals surface area contributed by atoms with Crippen molar-refractivity contribution < 1.29 is 8.60 Å². The lowest BCUT2D eigenvalue weighted by Gasteiger charge is -2.09. The second-order valence-corrected chi connectivity index (χ2v) is 7.49. The Morgan fingerprint density at radius 2 is 1.92 bits per heavy atom. The van der Waals surface area contributed by atoms with Gasteiger partial charge in [0.25, 0.3) is 0 Å². The molecule has 0 amide bonds. The molecule has 3 aromatic rings. The molecular formula is C18H12ClFN2OS. The molecule has 0 radical (unpaired) electrons. The smallest absolute Gasteiger partial charge is 0.159 e. The summed E-state index contributed by atoms with van der Waals surface area (Å²) in [6.07, 6.45) is 2.34. The van der Waals surface area contributed by atoms with Gasteiger partial charge in [-0.05, 0) is 54.4 Å². The van der Waals surface area contributed by atoms with E-state index < -0.39 is 10.8 Å². The van der Waals surface area contributed by atoms with Crippen molar-refractivity contribution in [3.63, 3.8) is 0 Å². The lowest BCUT2D eigenvalue weighted by atomic mass is 10.0. The maximum atomic E-state index is 13.8. The van der Waals surface area contributed by atoms with E-state index in [1.807, 2.05) is 12.1 Å². The van der Waals surface area contributed by atoms with Gasteiger partial charge in [0, 0.05) is 33.0 Å². The summed E-state index contributed by atoms with van der Waals surface area (Å²) in [5.41, 5.74) is 2.93. The Kier molecular flexibility index (Phi) is 3.90. The minimum Gasteiger partial charge on any atom is -0.254 e. The van der Waals surface area contributed by atoms with Crippen LogP contribution < -0.4 is 0 Å². The molecule has 120 valence electrons. The van der Waals surface area contributed by atoms with Crippen LogP contribution in [0.1, 0.15) is 5.56 Å². The topological polar surface area (TPSA) is 42.9 Å². The third-order valence-electron chi connectivity index (χ3n) is 3.97. The fraction of sp³-hybridized carbons (Fsp3) is 0.111. The van der Waals surface area contributed by atoms with E-state index in [4.69, 9.17) is 11.6 Å². The SMILES string of the molecule is O=S1CCc2cnc(-c3ccc(Cl)cc3)nc2-c2cc(F)ccc21. The van der Waals surface area contributed by atoms with Crippen LogP contribution in [0.4, 0.5) is 4.39 Å². The lowest BCUT2D eigenvalue weighted by Crippen LogP contribution is -1.99. The third kappa shape index (κ3) is 2.74. The van der Waals surface area contributed by atoms with Gasteiger partial charge in [0.15, 0.2) is 5.82 Å². The first-order chi connectivity index (χ1) is 11.6. The van der Waals surface area contributed by atoms with E-state index >= 15 is 0 Å². The molecule has 2 heterocycles. The molecule has 24 heavy (non-hydrogen) atoms. The fourth-order valence-electron chi connectivity index (χ4n) is 2.76. The third-order valence-corrected chi connectivity index (χ3v) is 5.64. The molecule has 2 aromatic carbocycles. The van der Waals surface area contributed by atoms with Crippen LogP contribution >= 0.6 is 11.6 Å². The number of aryl methyl sites for hydroxylation is 1. The number of fused-ring (bicyclic) bond motifs is 3. The predicted octanol–water partition coefficient (Wildman–Crippen LogP) is 4.27. The normalized spacial score (nSPS) is 16.2. The number of nitrogens with zero attached hydrogens (tertiary/aromatic N) is 2. The van der Waals surface area contributed by atoms with Crippen LogP contribution in [0.2, 0.25) is 5.02 Å². The summed E-state index contributed by atoms with van der Waals surface area (Å²) < 4.78 is 26.2. The Labute approximate surface area is 146 Å². The van der Waals surface area contributed by atoms with Crippen molar-refractivity contribution in [2.24, 2.45) is 0 Å². The van der Waals surface area contributed by atoms with Crippen LogP contribution in [-0.2, 0) is 17.2 Å². The molecule has 1 aliphatic heterocycles. The van der Waals surface area contributed by atoms with E-state index in [1.165, 1.54) is 12.1 Å². The van der Waals surface area contributed by atoms with Gasteiger partial charge in [-0.2, -0.15) is 0 Å². The number of rotatable bonds is 1. The quantitative estimate of drug-likeness (QED) is 0.652. The van der Waals surface area contributed by atoms with Crippen molar-refractivity contribution in [1.82, 2.24) is 9.97 Å². The molecule has 0 N–H and O–H groups in total. The Balaban J connectivity index is 1.92. The summed E-state index contributed by atoms with van der Waals surface area (Å²) in [5.74, 6) is 0.647. The highest BCUT2D eigenvalue weighted by atomic mass is 35.5. The zero-order valence-corrected chi connectivity index (χ0v) is 14.1. The van der Waals surface area contributed by atoms with E-state index in [1.54, 1.807) is 24.4 Å². The molecule has 3 nitrogen and oxygen atoms in total. The van der Waals surface area contributed by atoms with Crippen molar-refractivity contribution in [2.45, 2.75) is 11.3 Å². The van der Waals surface area contributed by atoms with Gasteiger partial charge < -0.3 is 0 Å². The molecule has 4 rings (SSSR count). The maximum absolute atomic E-state index is 13.8. The molecule has 0 saturated heterocycles. The number of halogens is 2. The number of hydrogen-bond donors (Lipinski definition) is 0. The largest absolute Gasteiger partial charge is 0.254 e. The van der Waals surface area contributed by atoms with Crippen LogP contribution in [0.25, 0.3) is 22.6 Å². The van der Waals surface area contributed by atoms with Gasteiger partial charge in [0.2, 0.25) is 0 Å². The average molecular weight is 359 g/mol. The molecule has 0 saturated carbocycles. The second kappa shape index (κ2) is 6.07. The highest BCUT2D eigenvalue weighted by molar-refractivity contribution is 7.85. The van der Waals surface area contributed by atoms with E-state index in [0.29, 0.717) is 39.2 Å². The van der Waals surface area contributed by atoms with Gasteiger partial charge in [-0.25, -0.2) is 14.4 Å². The van der Waals surface area contributed by atoms with Crippen molar-refractivity contribution in [2.75, 3.05) is 5.75 Å². The van der Waals surface area contributed by atoms with Crippen LogP contribution in [0.15, 0.2) is 53.6 Å². The molecule has 6 heteroatoms. The molecular weight excluding hydrogens is 347 g/mol. The summed E-state index contributed by atoms with van der Waals surface area (Å²) in [6.45, 7) is 0. The summed E-state index contributed by atoms with van der Waals surface area (Å²) in [6, 6.07) is 11.5. The molecule has 0 fully saturated rings. The van der Waals surface area contributed by atoms with Crippen LogP contribution in [0, 0.1) is 5.82 Å². The minimum atomic E-state index is -1.17. The number of aromatic nitrogens is 2. The maximum Gasteiger partial charge on any atom is 0.159 e. The van der Waals surface area contributed by atoms with Gasteiger partial charge >= 0.3 is 0 Å². The highest BCUT2D eigenvalue weighted by Gasteiger charge is 2.22. The lowest BCUT2D eigenvalue weighted by molar-refractivity contribution is 0.626. The molecule has 0 aliphatic carbocycles. The van der Waals surface area contributed by atoms with Gasteiger partial charge in [0.1, 0.15) is 5.82 Å². The first-order valence-corrected chi connectivity index (χ1v) is 9.11. The second-order valence-electron chi connectivity index (χ2n) is 5.51. The monoisotopic (exact) mass is 358 g/mol. The molecule has 1 aliphatic rings. The van der Waals surface area contributed by atoms with E-state index in [9.17, 15) is 8.60 Å². The van der Waals surface area contributed by atoms with Gasteiger partial charge in [-0.15, -0.1) is 0 Å². The molecule has 0 bridgehead atoms. The van der Waals surface area contributed by atoms with Crippen LogP contribution in [0.3, 0.4) is 0 Å². The molecule has 1 aromatic heterocycles. The van der Waals surface area contributed by atoms with Gasteiger partial charge in [0.05, 0.1) is 16.5 Å². The average Bonchev–Trinajstić information content (AvgIpc) is 2.72. The number of hydrogen-bond acceptors (Lipinski definition) is 3. The summed E-state index contributed by atoms with van der Waals surface area (Å²) in [4.78, 5) is 9.66. The van der Waals surface area contributed by atoms with Crippen molar-refractivity contribution in [3.8, 4) is 22.6 Å². The van der Waals surface area contributed by atoms with Crippen molar-refractivity contribution >= 4 is 22.4 Å². The first kappa shape index (κ1) is 15.4. The molecule has 1 unspecified atom stereocenters. The Bertz CT molecular complexity index is 960. The standard InChI is InChI=1S/C18H12ClFN2OS/c19-13-3-1-11(2-4-13)18-21-10-12-7-8-24(23)16-6-5-14(20)9-15(16)17(12)22-18/h1-6,9-10H,7-8H2. The first-order valence-electron chi connectivity index (χ1n) is 7.42. The van der Waals surface area contributed by atoms with Crippen LogP contribution in [-0.4, -0.2) is 19.9 Å². The van der Waals surface area contributed by atoms with Crippen molar-refractivity contribution in [3.05, 3.63) is 65.1 Å². The Morgan fingerprint density at radius 3 is 2.71 bits per heavy atom. The zero-order valence-electron chi connectivity index (χ0n) is 12.5.